The van der Waals surface area contributed by atoms with Gasteiger partial charge in [-0.3, -0.25) is 0 Å². The molecule has 1 aliphatic carbocycles. The third kappa shape index (κ3) is 7.09. The monoisotopic (exact) mass is 330 g/mol. The van der Waals surface area contributed by atoms with E-state index in [1.165, 1.54) is 38.5 Å². The van der Waals surface area contributed by atoms with Crippen LogP contribution in [0, 0.1) is 5.92 Å². The molecular formula is C17H34O4Si. The topological polar surface area (TPSA) is 40.2 Å². The van der Waals surface area contributed by atoms with Crippen LogP contribution in [0.4, 0.5) is 0 Å². The fourth-order valence-electron chi connectivity index (χ4n) is 3.21. The lowest BCUT2D eigenvalue weighted by Crippen LogP contribution is -2.28. The molecule has 0 aromatic heterocycles. The van der Waals surface area contributed by atoms with Crippen molar-refractivity contribution < 1.29 is 18.0 Å². The van der Waals surface area contributed by atoms with Gasteiger partial charge in [0.1, 0.15) is 0 Å². The molecule has 2 aliphatic rings. The molecule has 0 radical (unpaired) electrons. The Morgan fingerprint density at radius 1 is 0.864 bits per heavy atom. The average molecular weight is 331 g/mol. The van der Waals surface area contributed by atoms with Crippen LogP contribution in [-0.2, 0) is 18.0 Å². The van der Waals surface area contributed by atoms with Gasteiger partial charge in [-0.2, -0.15) is 0 Å². The van der Waals surface area contributed by atoms with Crippen molar-refractivity contribution in [2.24, 2.45) is 5.92 Å². The normalized spacial score (nSPS) is 27.1. The first-order chi connectivity index (χ1) is 10.8. The highest BCUT2D eigenvalue weighted by Gasteiger charge is 2.43. The smallest absolute Gasteiger partial charge is 0.376 e. The summed E-state index contributed by atoms with van der Waals surface area (Å²) in [6, 6.07) is 0. The Bertz CT molecular complexity index is 282. The van der Waals surface area contributed by atoms with Gasteiger partial charge in [0.05, 0.1) is 12.2 Å². The lowest BCUT2D eigenvalue weighted by molar-refractivity contribution is 0.0916. The molecule has 0 spiro atoms. The number of unbranched alkanes of at least 4 members (excludes halogenated alkanes) is 2. The highest BCUT2D eigenvalue weighted by molar-refractivity contribution is 6.36. The molecule has 1 saturated carbocycles. The van der Waals surface area contributed by atoms with Gasteiger partial charge in [-0.15, -0.1) is 0 Å². The minimum absolute atomic E-state index is 0.625. The van der Waals surface area contributed by atoms with Crippen LogP contribution in [0.2, 0.25) is 0 Å². The molecule has 0 aromatic rings. The van der Waals surface area contributed by atoms with Crippen LogP contribution < -0.4 is 0 Å². The maximum absolute atomic E-state index is 5.84. The molecule has 3 unspecified atom stereocenters. The van der Waals surface area contributed by atoms with E-state index in [4.69, 9.17) is 18.0 Å². The van der Waals surface area contributed by atoms with E-state index in [0.29, 0.717) is 12.2 Å². The van der Waals surface area contributed by atoms with Crippen molar-refractivity contribution in [2.45, 2.75) is 83.8 Å². The fourth-order valence-corrected chi connectivity index (χ4v) is 4.72. The first-order valence-electron chi connectivity index (χ1n) is 9.33. The molecule has 1 heterocycles. The van der Waals surface area contributed by atoms with Gasteiger partial charge in [-0.25, -0.2) is 0 Å². The summed E-state index contributed by atoms with van der Waals surface area (Å²) in [6.07, 6.45) is 12.4. The zero-order valence-corrected chi connectivity index (χ0v) is 15.6. The number of fused-ring (bicyclic) bond motifs is 1. The van der Waals surface area contributed by atoms with Crippen LogP contribution in [0.25, 0.3) is 0 Å². The predicted octanol–water partition coefficient (Wildman–Crippen LogP) is 3.70. The lowest BCUT2D eigenvalue weighted by atomic mass is 9.86. The van der Waals surface area contributed by atoms with Crippen LogP contribution in [0.15, 0.2) is 0 Å². The highest BCUT2D eigenvalue weighted by atomic mass is 28.3. The lowest BCUT2D eigenvalue weighted by Gasteiger charge is -2.19. The molecule has 2 rings (SSSR count). The minimum atomic E-state index is -1.87. The molecule has 22 heavy (non-hydrogen) atoms. The summed E-state index contributed by atoms with van der Waals surface area (Å²) in [6.45, 7) is 6.54. The quantitative estimate of drug-likeness (QED) is 0.293. The van der Waals surface area contributed by atoms with Crippen LogP contribution in [0.3, 0.4) is 0 Å². The molecule has 4 nitrogen and oxygen atoms in total. The molecule has 0 aromatic carbocycles. The standard InChI is InChI=1S/C17H34O4Si/c1-3-11-18-22(19-12-4-2)20-13-7-5-6-8-15-9-10-16-17(14-15)21-16/h15-17,22H,3-14H2,1-2H3. The van der Waals surface area contributed by atoms with E-state index < -0.39 is 9.53 Å². The Morgan fingerprint density at radius 3 is 2.27 bits per heavy atom. The molecule has 0 amide bonds. The summed E-state index contributed by atoms with van der Waals surface area (Å²) in [4.78, 5) is 0. The Hall–Kier alpha value is 0.0569. The van der Waals surface area contributed by atoms with Gasteiger partial charge in [0.25, 0.3) is 0 Å². The summed E-state index contributed by atoms with van der Waals surface area (Å²) in [5.74, 6) is 0.910. The Morgan fingerprint density at radius 2 is 1.59 bits per heavy atom. The number of hydrogen-bond acceptors (Lipinski definition) is 4. The van der Waals surface area contributed by atoms with Gasteiger partial charge in [0.15, 0.2) is 0 Å². The molecular weight excluding hydrogens is 296 g/mol. The van der Waals surface area contributed by atoms with Crippen molar-refractivity contribution in [3.8, 4) is 0 Å². The predicted molar refractivity (Wildman–Crippen MR) is 90.1 cm³/mol. The summed E-state index contributed by atoms with van der Waals surface area (Å²) in [7, 11) is -1.87. The molecule has 0 bridgehead atoms. The van der Waals surface area contributed by atoms with Crippen molar-refractivity contribution in [1.29, 1.82) is 0 Å². The summed E-state index contributed by atoms with van der Waals surface area (Å²) < 4.78 is 22.8. The van der Waals surface area contributed by atoms with E-state index in [1.807, 2.05) is 0 Å². The molecule has 5 heteroatoms. The van der Waals surface area contributed by atoms with Crippen LogP contribution in [0.1, 0.15) is 71.6 Å². The van der Waals surface area contributed by atoms with Crippen molar-refractivity contribution in [3.05, 3.63) is 0 Å². The van der Waals surface area contributed by atoms with Crippen molar-refractivity contribution >= 4 is 9.53 Å². The van der Waals surface area contributed by atoms with E-state index in [2.05, 4.69) is 13.8 Å². The van der Waals surface area contributed by atoms with Crippen molar-refractivity contribution in [1.82, 2.24) is 0 Å². The number of epoxide rings is 1. The Kier molecular flexibility index (Phi) is 9.00. The second-order valence-corrected chi connectivity index (χ2v) is 8.22. The minimum Gasteiger partial charge on any atom is -0.376 e. The third-order valence-corrected chi connectivity index (χ3v) is 6.06. The summed E-state index contributed by atoms with van der Waals surface area (Å²) in [5.41, 5.74) is 0. The van der Waals surface area contributed by atoms with E-state index >= 15 is 0 Å². The molecule has 3 atom stereocenters. The average Bonchev–Trinajstić information content (AvgIpc) is 3.31. The van der Waals surface area contributed by atoms with Crippen molar-refractivity contribution in [3.63, 3.8) is 0 Å². The van der Waals surface area contributed by atoms with Crippen LogP contribution in [-0.4, -0.2) is 41.6 Å². The first-order valence-corrected chi connectivity index (χ1v) is 10.7. The number of rotatable bonds is 13. The third-order valence-electron chi connectivity index (χ3n) is 4.54. The van der Waals surface area contributed by atoms with E-state index in [0.717, 1.165) is 45.0 Å². The highest BCUT2D eigenvalue weighted by Crippen LogP contribution is 2.41. The van der Waals surface area contributed by atoms with Gasteiger partial charge in [-0.05, 0) is 44.4 Å². The van der Waals surface area contributed by atoms with Gasteiger partial charge in [-0.1, -0.05) is 33.1 Å². The zero-order valence-electron chi connectivity index (χ0n) is 14.4. The van der Waals surface area contributed by atoms with Crippen LogP contribution in [0.5, 0.6) is 0 Å². The molecule has 130 valence electrons. The molecule has 2 fully saturated rings. The maximum Gasteiger partial charge on any atom is 0.484 e. The second kappa shape index (κ2) is 10.8. The maximum atomic E-state index is 5.84. The summed E-state index contributed by atoms with van der Waals surface area (Å²) >= 11 is 0. The molecule has 0 N–H and O–H groups in total. The second-order valence-electron chi connectivity index (χ2n) is 6.64. The fraction of sp³-hybridized carbons (Fsp3) is 1.00. The Balaban J connectivity index is 1.44. The van der Waals surface area contributed by atoms with Gasteiger partial charge in [0.2, 0.25) is 0 Å². The van der Waals surface area contributed by atoms with Gasteiger partial charge < -0.3 is 18.0 Å². The zero-order chi connectivity index (χ0) is 15.6. The molecule has 1 saturated heterocycles. The van der Waals surface area contributed by atoms with E-state index in [9.17, 15) is 0 Å². The van der Waals surface area contributed by atoms with Gasteiger partial charge in [0, 0.05) is 19.8 Å². The largest absolute Gasteiger partial charge is 0.484 e. The van der Waals surface area contributed by atoms with E-state index in [-0.39, 0.29) is 0 Å². The Labute approximate surface area is 137 Å². The number of ether oxygens (including phenoxy) is 1. The SMILES string of the molecule is CCCO[SiH](OCCC)OCCCCCC1CCC2OC2C1. The van der Waals surface area contributed by atoms with Gasteiger partial charge >= 0.3 is 9.53 Å². The first kappa shape index (κ1) is 18.4. The van der Waals surface area contributed by atoms with E-state index in [1.54, 1.807) is 0 Å². The number of hydrogen-bond donors (Lipinski definition) is 0. The molecule has 1 aliphatic heterocycles. The van der Waals surface area contributed by atoms with Crippen LogP contribution >= 0.6 is 0 Å². The van der Waals surface area contributed by atoms with Crippen molar-refractivity contribution in [2.75, 3.05) is 19.8 Å². The summed E-state index contributed by atoms with van der Waals surface area (Å²) in [5, 5.41) is 0.